The Balaban J connectivity index is 2.56. The second kappa shape index (κ2) is 5.29. The summed E-state index contributed by atoms with van der Waals surface area (Å²) in [6, 6.07) is 1.83. The Morgan fingerprint density at radius 2 is 2.29 bits per heavy atom. The van der Waals surface area contributed by atoms with E-state index in [2.05, 4.69) is 4.98 Å². The number of nitrogens with zero attached hydrogens (tertiary/aromatic N) is 2. The van der Waals surface area contributed by atoms with Crippen LogP contribution in [0.25, 0.3) is 0 Å². The van der Waals surface area contributed by atoms with Gasteiger partial charge in [0.25, 0.3) is 0 Å². The van der Waals surface area contributed by atoms with Crippen molar-refractivity contribution in [3.8, 4) is 0 Å². The Morgan fingerprint density at radius 3 is 2.86 bits per heavy atom. The lowest BCUT2D eigenvalue weighted by Gasteiger charge is -2.16. The second-order valence-corrected chi connectivity index (χ2v) is 3.99. The van der Waals surface area contributed by atoms with E-state index in [1.54, 1.807) is 12.4 Å². The summed E-state index contributed by atoms with van der Waals surface area (Å²) in [7, 11) is 3.86. The maximum Gasteiger partial charge on any atom is 0.0707 e. The van der Waals surface area contributed by atoms with Crippen molar-refractivity contribution < 1.29 is 5.11 Å². The summed E-state index contributed by atoms with van der Waals surface area (Å²) < 4.78 is 0. The summed E-state index contributed by atoms with van der Waals surface area (Å²) in [4.78, 5) is 5.83. The van der Waals surface area contributed by atoms with Gasteiger partial charge < -0.3 is 10.0 Å². The highest BCUT2D eigenvalue weighted by atomic mass is 35.5. The van der Waals surface area contributed by atoms with Crippen LogP contribution >= 0.6 is 11.6 Å². The molecule has 0 fully saturated rings. The molecule has 1 rings (SSSR count). The van der Waals surface area contributed by atoms with E-state index in [4.69, 9.17) is 11.6 Å². The van der Waals surface area contributed by atoms with E-state index < -0.39 is 0 Å². The Morgan fingerprint density at radius 1 is 1.57 bits per heavy atom. The number of hydrogen-bond donors (Lipinski definition) is 1. The molecule has 3 nitrogen and oxygen atoms in total. The van der Waals surface area contributed by atoms with Crippen LogP contribution in [0.1, 0.15) is 5.56 Å². The molecule has 0 saturated heterocycles. The van der Waals surface area contributed by atoms with Gasteiger partial charge in [-0.1, -0.05) is 11.6 Å². The van der Waals surface area contributed by atoms with E-state index in [9.17, 15) is 5.11 Å². The Kier molecular flexibility index (Phi) is 4.32. The van der Waals surface area contributed by atoms with Crippen LogP contribution in [0.15, 0.2) is 18.5 Å². The topological polar surface area (TPSA) is 36.4 Å². The fraction of sp³-hybridized carbons (Fsp3) is 0.500. The van der Waals surface area contributed by atoms with Gasteiger partial charge in [-0.2, -0.15) is 0 Å². The minimum atomic E-state index is -0.384. The number of halogens is 1. The van der Waals surface area contributed by atoms with Crippen LogP contribution in [0, 0.1) is 0 Å². The molecular weight excluding hydrogens is 200 g/mol. The molecule has 0 bridgehead atoms. The highest BCUT2D eigenvalue weighted by Gasteiger charge is 2.08. The van der Waals surface area contributed by atoms with Gasteiger partial charge in [0.2, 0.25) is 0 Å². The van der Waals surface area contributed by atoms with Crippen LogP contribution in [-0.4, -0.2) is 41.7 Å². The van der Waals surface area contributed by atoms with Crippen LogP contribution in [0.5, 0.6) is 0 Å². The summed E-state index contributed by atoms with van der Waals surface area (Å²) in [5.41, 5.74) is 0.941. The van der Waals surface area contributed by atoms with Gasteiger partial charge in [0.05, 0.1) is 11.1 Å². The van der Waals surface area contributed by atoms with Crippen LogP contribution in [-0.2, 0) is 6.42 Å². The summed E-state index contributed by atoms with van der Waals surface area (Å²) in [6.45, 7) is 0.638. The Bertz CT molecular complexity index is 291. The van der Waals surface area contributed by atoms with E-state index in [-0.39, 0.29) is 6.10 Å². The average molecular weight is 215 g/mol. The number of rotatable bonds is 4. The highest BCUT2D eigenvalue weighted by molar-refractivity contribution is 6.31. The molecule has 78 valence electrons. The molecule has 1 unspecified atom stereocenters. The highest BCUT2D eigenvalue weighted by Crippen LogP contribution is 2.15. The van der Waals surface area contributed by atoms with Crippen LogP contribution < -0.4 is 0 Å². The number of pyridine rings is 1. The predicted molar refractivity (Wildman–Crippen MR) is 57.5 cm³/mol. The van der Waals surface area contributed by atoms with Crippen LogP contribution in [0.3, 0.4) is 0 Å². The van der Waals surface area contributed by atoms with Gasteiger partial charge in [-0.15, -0.1) is 0 Å². The maximum atomic E-state index is 9.68. The van der Waals surface area contributed by atoms with Gasteiger partial charge in [-0.3, -0.25) is 4.98 Å². The first-order chi connectivity index (χ1) is 6.59. The van der Waals surface area contributed by atoms with Gasteiger partial charge in [0, 0.05) is 25.4 Å². The minimum Gasteiger partial charge on any atom is -0.391 e. The summed E-state index contributed by atoms with van der Waals surface area (Å²) in [5, 5.41) is 10.3. The molecule has 1 atom stereocenters. The fourth-order valence-corrected chi connectivity index (χ4v) is 1.51. The molecule has 0 aliphatic carbocycles. The first-order valence-corrected chi connectivity index (χ1v) is 4.88. The van der Waals surface area contributed by atoms with Crippen molar-refractivity contribution in [2.75, 3.05) is 20.6 Å². The molecule has 4 heteroatoms. The average Bonchev–Trinajstić information content (AvgIpc) is 2.07. The largest absolute Gasteiger partial charge is 0.391 e. The van der Waals surface area contributed by atoms with Crippen molar-refractivity contribution in [2.45, 2.75) is 12.5 Å². The third-order valence-electron chi connectivity index (χ3n) is 1.89. The van der Waals surface area contributed by atoms with E-state index in [1.165, 1.54) is 0 Å². The SMILES string of the molecule is CN(C)CC(O)Cc1ccncc1Cl. The standard InChI is InChI=1S/C10H15ClN2O/c1-13(2)7-9(14)5-8-3-4-12-6-10(8)11/h3-4,6,9,14H,5,7H2,1-2H3. The van der Waals surface area contributed by atoms with Crippen molar-refractivity contribution in [3.05, 3.63) is 29.0 Å². The van der Waals surface area contributed by atoms with Gasteiger partial charge in [0.15, 0.2) is 0 Å². The molecule has 0 aromatic carbocycles. The molecule has 0 aliphatic rings. The summed E-state index contributed by atoms with van der Waals surface area (Å²) in [6.07, 6.45) is 3.47. The molecule has 1 heterocycles. The van der Waals surface area contributed by atoms with E-state index in [0.29, 0.717) is 18.0 Å². The third-order valence-corrected chi connectivity index (χ3v) is 2.23. The molecule has 1 aromatic rings. The first-order valence-electron chi connectivity index (χ1n) is 4.50. The molecule has 0 spiro atoms. The zero-order chi connectivity index (χ0) is 10.6. The zero-order valence-corrected chi connectivity index (χ0v) is 9.20. The molecule has 0 amide bonds. The van der Waals surface area contributed by atoms with Crippen molar-refractivity contribution >= 4 is 11.6 Å². The number of aromatic nitrogens is 1. The molecule has 1 aromatic heterocycles. The first kappa shape index (κ1) is 11.4. The third kappa shape index (κ3) is 3.62. The summed E-state index contributed by atoms with van der Waals surface area (Å²) >= 11 is 5.92. The molecular formula is C10H15ClN2O. The Labute approximate surface area is 89.3 Å². The van der Waals surface area contributed by atoms with Crippen molar-refractivity contribution in [3.63, 3.8) is 0 Å². The number of hydrogen-bond acceptors (Lipinski definition) is 3. The van der Waals surface area contributed by atoms with Crippen LogP contribution in [0.2, 0.25) is 5.02 Å². The lowest BCUT2D eigenvalue weighted by molar-refractivity contribution is 0.137. The van der Waals surface area contributed by atoms with Crippen molar-refractivity contribution in [1.29, 1.82) is 0 Å². The quantitative estimate of drug-likeness (QED) is 0.819. The minimum absolute atomic E-state index is 0.384. The number of aliphatic hydroxyl groups excluding tert-OH is 1. The van der Waals surface area contributed by atoms with Gasteiger partial charge in [0.1, 0.15) is 0 Å². The Hall–Kier alpha value is -0.640. The molecule has 0 saturated carbocycles. The van der Waals surface area contributed by atoms with E-state index >= 15 is 0 Å². The lowest BCUT2D eigenvalue weighted by atomic mass is 10.1. The zero-order valence-electron chi connectivity index (χ0n) is 8.44. The van der Waals surface area contributed by atoms with Crippen molar-refractivity contribution in [1.82, 2.24) is 9.88 Å². The monoisotopic (exact) mass is 214 g/mol. The number of likely N-dealkylation sites (N-methyl/N-ethyl adjacent to an activating group) is 1. The lowest BCUT2D eigenvalue weighted by Crippen LogP contribution is -2.27. The second-order valence-electron chi connectivity index (χ2n) is 3.59. The van der Waals surface area contributed by atoms with E-state index in [1.807, 2.05) is 25.1 Å². The van der Waals surface area contributed by atoms with Crippen LogP contribution in [0.4, 0.5) is 0 Å². The fourth-order valence-electron chi connectivity index (χ4n) is 1.31. The summed E-state index contributed by atoms with van der Waals surface area (Å²) in [5.74, 6) is 0. The maximum absolute atomic E-state index is 9.68. The van der Waals surface area contributed by atoms with E-state index in [0.717, 1.165) is 5.56 Å². The molecule has 1 N–H and O–H groups in total. The number of aliphatic hydroxyl groups is 1. The predicted octanol–water partition coefficient (Wildman–Crippen LogP) is 1.20. The van der Waals surface area contributed by atoms with Gasteiger partial charge >= 0.3 is 0 Å². The normalized spacial score (nSPS) is 13.2. The van der Waals surface area contributed by atoms with Crippen molar-refractivity contribution in [2.24, 2.45) is 0 Å². The molecule has 0 aliphatic heterocycles. The smallest absolute Gasteiger partial charge is 0.0707 e. The molecule has 14 heavy (non-hydrogen) atoms. The van der Waals surface area contributed by atoms with Gasteiger partial charge in [-0.05, 0) is 25.7 Å². The van der Waals surface area contributed by atoms with Gasteiger partial charge in [-0.25, -0.2) is 0 Å². The molecule has 0 radical (unpaired) electrons.